The monoisotopic (exact) mass is 294 g/mol. The number of aliphatic imine (C=N–C) groups is 1. The quantitative estimate of drug-likeness (QED) is 0.816. The Labute approximate surface area is 127 Å². The average Bonchev–Trinajstić information content (AvgIpc) is 3.01. The molecule has 0 spiro atoms. The van der Waals surface area contributed by atoms with Gasteiger partial charge in [0.05, 0.1) is 12.1 Å². The van der Waals surface area contributed by atoms with Crippen molar-refractivity contribution in [1.29, 1.82) is 0 Å². The van der Waals surface area contributed by atoms with Crippen LogP contribution in [-0.2, 0) is 6.42 Å². The van der Waals surface area contributed by atoms with Crippen molar-refractivity contribution in [2.24, 2.45) is 4.99 Å². The zero-order chi connectivity index (χ0) is 14.9. The third kappa shape index (κ3) is 2.24. The van der Waals surface area contributed by atoms with Crippen molar-refractivity contribution in [1.82, 2.24) is 4.98 Å². The molecule has 2 aliphatic rings. The number of hydrogen-bond acceptors (Lipinski definition) is 5. The van der Waals surface area contributed by atoms with Gasteiger partial charge in [-0.3, -0.25) is 14.8 Å². The molecular formula is C17H14N2O3. The highest BCUT2D eigenvalue weighted by atomic mass is 16.7. The van der Waals surface area contributed by atoms with Crippen molar-refractivity contribution in [3.05, 3.63) is 53.3 Å². The summed E-state index contributed by atoms with van der Waals surface area (Å²) in [6, 6.07) is 7.48. The number of nitrogens with zero attached hydrogens (tertiary/aromatic N) is 2. The summed E-state index contributed by atoms with van der Waals surface area (Å²) in [5.74, 6) is 1.53. The molecule has 0 aliphatic carbocycles. The zero-order valence-electron chi connectivity index (χ0n) is 11.9. The van der Waals surface area contributed by atoms with Gasteiger partial charge in [-0.25, -0.2) is 0 Å². The highest BCUT2D eigenvalue weighted by Crippen LogP contribution is 2.36. The molecule has 5 heteroatoms. The van der Waals surface area contributed by atoms with Crippen molar-refractivity contribution in [2.45, 2.75) is 12.8 Å². The van der Waals surface area contributed by atoms with Crippen LogP contribution in [-0.4, -0.2) is 29.8 Å². The van der Waals surface area contributed by atoms with E-state index in [9.17, 15) is 4.79 Å². The van der Waals surface area contributed by atoms with Crippen LogP contribution in [0, 0.1) is 0 Å². The van der Waals surface area contributed by atoms with Gasteiger partial charge in [0.1, 0.15) is 0 Å². The fourth-order valence-corrected chi connectivity index (χ4v) is 2.79. The Bertz CT molecular complexity index is 769. The zero-order valence-corrected chi connectivity index (χ0v) is 11.9. The summed E-state index contributed by atoms with van der Waals surface area (Å²) in [7, 11) is 0. The summed E-state index contributed by atoms with van der Waals surface area (Å²) in [5.41, 5.74) is 3.58. The molecule has 1 aromatic heterocycles. The van der Waals surface area contributed by atoms with Gasteiger partial charge < -0.3 is 9.47 Å². The second-order valence-corrected chi connectivity index (χ2v) is 5.28. The van der Waals surface area contributed by atoms with Crippen LogP contribution in [0.4, 0.5) is 0 Å². The highest BCUT2D eigenvalue weighted by Gasteiger charge is 2.23. The van der Waals surface area contributed by atoms with Gasteiger partial charge in [0, 0.05) is 30.1 Å². The topological polar surface area (TPSA) is 60.8 Å². The van der Waals surface area contributed by atoms with E-state index >= 15 is 0 Å². The van der Waals surface area contributed by atoms with Gasteiger partial charge in [0.25, 0.3) is 0 Å². The van der Waals surface area contributed by atoms with Gasteiger partial charge in [-0.05, 0) is 36.2 Å². The molecule has 3 heterocycles. The number of fused-ring (bicyclic) bond motifs is 2. The number of Topliss-reactive ketones (excluding diaryl/α,β-unsaturated/α-hetero) is 1. The lowest BCUT2D eigenvalue weighted by atomic mass is 9.93. The maximum atomic E-state index is 12.4. The Balaban J connectivity index is 1.64. The molecule has 4 rings (SSSR count). The van der Waals surface area contributed by atoms with E-state index in [0.717, 1.165) is 34.8 Å². The maximum Gasteiger partial charge on any atom is 0.231 e. The van der Waals surface area contributed by atoms with Crippen molar-refractivity contribution in [3.63, 3.8) is 0 Å². The molecule has 110 valence electrons. The minimum Gasteiger partial charge on any atom is -0.454 e. The number of pyridine rings is 1. The molecule has 0 saturated heterocycles. The van der Waals surface area contributed by atoms with Gasteiger partial charge >= 0.3 is 0 Å². The molecular weight excluding hydrogens is 280 g/mol. The smallest absolute Gasteiger partial charge is 0.231 e. The van der Waals surface area contributed by atoms with Crippen molar-refractivity contribution < 1.29 is 14.3 Å². The van der Waals surface area contributed by atoms with Gasteiger partial charge in [0.2, 0.25) is 6.79 Å². The number of benzene rings is 1. The van der Waals surface area contributed by atoms with E-state index in [1.165, 1.54) is 0 Å². The first-order valence-electron chi connectivity index (χ1n) is 7.21. The lowest BCUT2D eigenvalue weighted by Crippen LogP contribution is -2.17. The largest absolute Gasteiger partial charge is 0.454 e. The van der Waals surface area contributed by atoms with E-state index < -0.39 is 0 Å². The van der Waals surface area contributed by atoms with Crippen LogP contribution in [0.15, 0.2) is 41.7 Å². The predicted molar refractivity (Wildman–Crippen MR) is 80.9 cm³/mol. The molecule has 2 aliphatic heterocycles. The summed E-state index contributed by atoms with van der Waals surface area (Å²) >= 11 is 0. The molecule has 1 aromatic carbocycles. The number of aromatic nitrogens is 1. The summed E-state index contributed by atoms with van der Waals surface area (Å²) in [6.45, 7) is 0.946. The van der Waals surface area contributed by atoms with E-state index in [2.05, 4.69) is 9.98 Å². The fourth-order valence-electron chi connectivity index (χ4n) is 2.79. The van der Waals surface area contributed by atoms with Gasteiger partial charge in [-0.1, -0.05) is 0 Å². The fraction of sp³-hybridized carbons (Fsp3) is 0.235. The lowest BCUT2D eigenvalue weighted by Gasteiger charge is -2.17. The molecule has 0 N–H and O–H groups in total. The predicted octanol–water partition coefficient (Wildman–Crippen LogP) is 2.43. The van der Waals surface area contributed by atoms with E-state index in [1.807, 2.05) is 12.1 Å². The normalized spacial score (nSPS) is 15.2. The van der Waals surface area contributed by atoms with Crippen molar-refractivity contribution >= 4 is 11.5 Å². The Morgan fingerprint density at radius 1 is 1.23 bits per heavy atom. The van der Waals surface area contributed by atoms with E-state index in [4.69, 9.17) is 9.47 Å². The van der Waals surface area contributed by atoms with Crippen LogP contribution < -0.4 is 9.47 Å². The van der Waals surface area contributed by atoms with Gasteiger partial charge in [-0.2, -0.15) is 0 Å². The number of carbonyl (C=O) groups excluding carboxylic acids is 1. The SMILES string of the molecule is O=C(CC1=NCCc2cc3c(cc21)OCO3)c1cccnc1. The Hall–Kier alpha value is -2.69. The molecule has 0 unspecified atom stereocenters. The number of ketones is 1. The minimum absolute atomic E-state index is 0.0253. The second-order valence-electron chi connectivity index (χ2n) is 5.28. The molecule has 0 bridgehead atoms. The summed E-state index contributed by atoms with van der Waals surface area (Å²) in [6.07, 6.45) is 4.38. The highest BCUT2D eigenvalue weighted by molar-refractivity contribution is 6.16. The molecule has 5 nitrogen and oxygen atoms in total. The third-order valence-electron chi connectivity index (χ3n) is 3.90. The molecule has 0 saturated carbocycles. The minimum atomic E-state index is 0.0253. The first-order chi connectivity index (χ1) is 10.8. The van der Waals surface area contributed by atoms with Gasteiger partial charge in [0.15, 0.2) is 17.3 Å². The number of ether oxygens (including phenoxy) is 2. The molecule has 2 aromatic rings. The lowest BCUT2D eigenvalue weighted by molar-refractivity contribution is 0.1000. The average molecular weight is 294 g/mol. The van der Waals surface area contributed by atoms with E-state index in [1.54, 1.807) is 24.5 Å². The maximum absolute atomic E-state index is 12.4. The number of carbonyl (C=O) groups is 1. The van der Waals surface area contributed by atoms with Crippen LogP contribution in [0.3, 0.4) is 0 Å². The summed E-state index contributed by atoms with van der Waals surface area (Å²) < 4.78 is 10.8. The first kappa shape index (κ1) is 13.0. The molecule has 0 radical (unpaired) electrons. The van der Waals surface area contributed by atoms with Crippen LogP contribution in [0.2, 0.25) is 0 Å². The first-order valence-corrected chi connectivity index (χ1v) is 7.21. The van der Waals surface area contributed by atoms with Crippen LogP contribution in [0.25, 0.3) is 0 Å². The molecule has 22 heavy (non-hydrogen) atoms. The Morgan fingerprint density at radius 3 is 2.91 bits per heavy atom. The van der Waals surface area contributed by atoms with Crippen molar-refractivity contribution in [3.8, 4) is 11.5 Å². The number of hydrogen-bond donors (Lipinski definition) is 0. The second kappa shape index (κ2) is 5.26. The Kier molecular flexibility index (Phi) is 3.11. The van der Waals surface area contributed by atoms with Gasteiger partial charge in [-0.15, -0.1) is 0 Å². The van der Waals surface area contributed by atoms with E-state index in [0.29, 0.717) is 12.1 Å². The summed E-state index contributed by atoms with van der Waals surface area (Å²) in [5, 5.41) is 0. The standard InChI is InChI=1S/C17H14N2O3/c20-15(12-2-1-4-18-9-12)8-14-13-7-17-16(21-10-22-17)6-11(13)3-5-19-14/h1-2,4,6-7,9H,3,5,8,10H2. The van der Waals surface area contributed by atoms with Crippen LogP contribution >= 0.6 is 0 Å². The molecule has 0 amide bonds. The number of rotatable bonds is 3. The molecule has 0 atom stereocenters. The van der Waals surface area contributed by atoms with Crippen LogP contribution in [0.1, 0.15) is 27.9 Å². The Morgan fingerprint density at radius 2 is 2.09 bits per heavy atom. The van der Waals surface area contributed by atoms with Crippen molar-refractivity contribution in [2.75, 3.05) is 13.3 Å². The third-order valence-corrected chi connectivity index (χ3v) is 3.90. The molecule has 0 fully saturated rings. The van der Waals surface area contributed by atoms with Crippen LogP contribution in [0.5, 0.6) is 11.5 Å². The van der Waals surface area contributed by atoms with E-state index in [-0.39, 0.29) is 19.0 Å². The summed E-state index contributed by atoms with van der Waals surface area (Å²) in [4.78, 5) is 20.9.